The van der Waals surface area contributed by atoms with Gasteiger partial charge in [-0.3, -0.25) is 14.9 Å². The van der Waals surface area contributed by atoms with Crippen molar-refractivity contribution < 1.29 is 14.5 Å². The van der Waals surface area contributed by atoms with Gasteiger partial charge in [-0.05, 0) is 53.0 Å². The number of non-ortho nitro benzene ring substituents is 1. The molecule has 0 saturated heterocycles. The Hall–Kier alpha value is -2.41. The first-order valence-electron chi connectivity index (χ1n) is 7.41. The number of carbonyl (C=O) groups is 1. The number of benzene rings is 2. The molecule has 0 atom stereocenters. The van der Waals surface area contributed by atoms with Gasteiger partial charge in [0.05, 0.1) is 21.7 Å². The zero-order chi connectivity index (χ0) is 17.7. The molecule has 2 rings (SSSR count). The van der Waals surface area contributed by atoms with Crippen molar-refractivity contribution in [2.75, 3.05) is 11.9 Å². The molecule has 0 aliphatic rings. The summed E-state index contributed by atoms with van der Waals surface area (Å²) in [5, 5.41) is 13.6. The quantitative estimate of drug-likeness (QED) is 0.570. The molecule has 0 radical (unpaired) electrons. The maximum absolute atomic E-state index is 12.4. The van der Waals surface area contributed by atoms with E-state index in [-0.39, 0.29) is 11.6 Å². The first-order valence-corrected chi connectivity index (χ1v) is 8.20. The number of ether oxygens (including phenoxy) is 1. The van der Waals surface area contributed by atoms with Gasteiger partial charge in [0, 0.05) is 17.7 Å². The fourth-order valence-corrected chi connectivity index (χ4v) is 2.52. The van der Waals surface area contributed by atoms with Gasteiger partial charge in [0.15, 0.2) is 0 Å². The van der Waals surface area contributed by atoms with Gasteiger partial charge >= 0.3 is 0 Å². The van der Waals surface area contributed by atoms with Gasteiger partial charge < -0.3 is 10.1 Å². The van der Waals surface area contributed by atoms with E-state index < -0.39 is 4.92 Å². The summed E-state index contributed by atoms with van der Waals surface area (Å²) in [6.45, 7) is 4.38. The smallest absolute Gasteiger partial charge is 0.271 e. The predicted octanol–water partition coefficient (Wildman–Crippen LogP) is 4.71. The summed E-state index contributed by atoms with van der Waals surface area (Å²) in [7, 11) is 0. The molecule has 0 bridgehead atoms. The molecule has 1 N–H and O–H groups in total. The summed E-state index contributed by atoms with van der Waals surface area (Å²) in [5.41, 5.74) is 1.52. The van der Waals surface area contributed by atoms with E-state index in [0.717, 1.165) is 12.0 Å². The number of carbonyl (C=O) groups excluding carboxylic acids is 1. The van der Waals surface area contributed by atoms with Crippen LogP contribution in [0.15, 0.2) is 40.9 Å². The van der Waals surface area contributed by atoms with Crippen LogP contribution in [0, 0.1) is 17.0 Å². The van der Waals surface area contributed by atoms with Gasteiger partial charge in [0.25, 0.3) is 11.6 Å². The monoisotopic (exact) mass is 392 g/mol. The zero-order valence-corrected chi connectivity index (χ0v) is 14.9. The van der Waals surface area contributed by atoms with E-state index in [9.17, 15) is 14.9 Å². The molecule has 0 saturated carbocycles. The van der Waals surface area contributed by atoms with Gasteiger partial charge in [0.1, 0.15) is 5.75 Å². The summed E-state index contributed by atoms with van der Waals surface area (Å²) < 4.78 is 6.23. The second-order valence-corrected chi connectivity index (χ2v) is 6.06. The topological polar surface area (TPSA) is 81.5 Å². The number of nitrogens with one attached hydrogen (secondary N) is 1. The maximum Gasteiger partial charge on any atom is 0.271 e. The third-order valence-electron chi connectivity index (χ3n) is 3.34. The number of amides is 1. The van der Waals surface area contributed by atoms with Crippen molar-refractivity contribution in [1.29, 1.82) is 0 Å². The van der Waals surface area contributed by atoms with Gasteiger partial charge in [0.2, 0.25) is 0 Å². The Morgan fingerprint density at radius 1 is 1.29 bits per heavy atom. The molecule has 2 aromatic carbocycles. The highest BCUT2D eigenvalue weighted by molar-refractivity contribution is 9.10. The van der Waals surface area contributed by atoms with Crippen molar-refractivity contribution >= 4 is 33.2 Å². The molecule has 0 unspecified atom stereocenters. The molecule has 0 aliphatic carbocycles. The molecule has 0 fully saturated rings. The zero-order valence-electron chi connectivity index (χ0n) is 13.3. The van der Waals surface area contributed by atoms with Crippen LogP contribution in [0.5, 0.6) is 5.75 Å². The van der Waals surface area contributed by atoms with Crippen LogP contribution in [0.4, 0.5) is 11.4 Å². The van der Waals surface area contributed by atoms with E-state index in [0.29, 0.717) is 28.1 Å². The molecule has 7 heteroatoms. The van der Waals surface area contributed by atoms with Crippen LogP contribution < -0.4 is 10.1 Å². The lowest BCUT2D eigenvalue weighted by Crippen LogP contribution is -2.13. The lowest BCUT2D eigenvalue weighted by atomic mass is 10.1. The Bertz CT molecular complexity index is 777. The summed E-state index contributed by atoms with van der Waals surface area (Å²) in [5.74, 6) is 0.321. The number of anilines is 1. The Morgan fingerprint density at radius 3 is 2.67 bits per heavy atom. The number of hydrogen-bond acceptors (Lipinski definition) is 4. The van der Waals surface area contributed by atoms with Gasteiger partial charge in [-0.25, -0.2) is 0 Å². The van der Waals surface area contributed by atoms with Gasteiger partial charge in [-0.1, -0.05) is 13.0 Å². The minimum Gasteiger partial charge on any atom is -0.492 e. The van der Waals surface area contributed by atoms with Crippen molar-refractivity contribution in [3.05, 3.63) is 62.1 Å². The Kier molecular flexibility index (Phi) is 5.92. The summed E-state index contributed by atoms with van der Waals surface area (Å²) in [6, 6.07) is 9.38. The van der Waals surface area contributed by atoms with Crippen molar-refractivity contribution in [2.45, 2.75) is 20.3 Å². The average molecular weight is 393 g/mol. The Labute approximate surface area is 148 Å². The second kappa shape index (κ2) is 7.92. The normalized spacial score (nSPS) is 10.3. The summed E-state index contributed by atoms with van der Waals surface area (Å²) in [6.07, 6.45) is 0.890. The molecule has 0 aliphatic heterocycles. The van der Waals surface area contributed by atoms with E-state index in [1.165, 1.54) is 12.1 Å². The third-order valence-corrected chi connectivity index (χ3v) is 3.96. The molecule has 1 amide bonds. The molecule has 126 valence electrons. The largest absolute Gasteiger partial charge is 0.492 e. The van der Waals surface area contributed by atoms with E-state index in [1.807, 2.05) is 6.92 Å². The highest BCUT2D eigenvalue weighted by Gasteiger charge is 2.13. The number of nitrogens with zero attached hydrogens (tertiary/aromatic N) is 1. The van der Waals surface area contributed by atoms with E-state index in [2.05, 4.69) is 21.2 Å². The number of halogens is 1. The van der Waals surface area contributed by atoms with Crippen LogP contribution in [0.2, 0.25) is 0 Å². The molecule has 6 nitrogen and oxygen atoms in total. The van der Waals surface area contributed by atoms with Crippen LogP contribution in [-0.4, -0.2) is 17.4 Å². The molecule has 0 heterocycles. The molecular weight excluding hydrogens is 376 g/mol. The minimum absolute atomic E-state index is 0.0691. The van der Waals surface area contributed by atoms with Crippen LogP contribution in [0.3, 0.4) is 0 Å². The van der Waals surface area contributed by atoms with Crippen molar-refractivity contribution in [3.63, 3.8) is 0 Å². The Balaban J connectivity index is 2.19. The number of nitro benzene ring substituents is 1. The van der Waals surface area contributed by atoms with Gasteiger partial charge in [-0.2, -0.15) is 0 Å². The minimum atomic E-state index is -0.494. The van der Waals surface area contributed by atoms with E-state index in [1.54, 1.807) is 31.2 Å². The SMILES string of the molecule is CCCOc1ccc(C(=O)Nc2cc([N+](=O)[O-])ccc2C)cc1Br. The lowest BCUT2D eigenvalue weighted by molar-refractivity contribution is -0.384. The van der Waals surface area contributed by atoms with Crippen LogP contribution in [-0.2, 0) is 0 Å². The number of hydrogen-bond donors (Lipinski definition) is 1. The van der Waals surface area contributed by atoms with Crippen LogP contribution in [0.1, 0.15) is 29.3 Å². The average Bonchev–Trinajstić information content (AvgIpc) is 2.55. The Morgan fingerprint density at radius 2 is 2.04 bits per heavy atom. The number of aryl methyl sites for hydroxylation is 1. The predicted molar refractivity (Wildman–Crippen MR) is 95.7 cm³/mol. The molecule has 0 spiro atoms. The molecule has 2 aromatic rings. The van der Waals surface area contributed by atoms with Crippen molar-refractivity contribution in [2.24, 2.45) is 0 Å². The second-order valence-electron chi connectivity index (χ2n) is 5.20. The van der Waals surface area contributed by atoms with E-state index in [4.69, 9.17) is 4.74 Å². The number of nitro groups is 1. The van der Waals surface area contributed by atoms with Crippen LogP contribution >= 0.6 is 15.9 Å². The first-order chi connectivity index (χ1) is 11.4. The van der Waals surface area contributed by atoms with E-state index >= 15 is 0 Å². The summed E-state index contributed by atoms with van der Waals surface area (Å²) in [4.78, 5) is 22.7. The third kappa shape index (κ3) is 4.32. The van der Waals surface area contributed by atoms with Crippen molar-refractivity contribution in [3.8, 4) is 5.75 Å². The van der Waals surface area contributed by atoms with Crippen LogP contribution in [0.25, 0.3) is 0 Å². The highest BCUT2D eigenvalue weighted by Crippen LogP contribution is 2.27. The molecular formula is C17H17BrN2O4. The fraction of sp³-hybridized carbons (Fsp3) is 0.235. The molecule has 24 heavy (non-hydrogen) atoms. The maximum atomic E-state index is 12.4. The lowest BCUT2D eigenvalue weighted by Gasteiger charge is -2.11. The summed E-state index contributed by atoms with van der Waals surface area (Å²) >= 11 is 3.38. The van der Waals surface area contributed by atoms with Crippen molar-refractivity contribution in [1.82, 2.24) is 0 Å². The fourth-order valence-electron chi connectivity index (χ4n) is 2.02. The standard InChI is InChI=1S/C17H17BrN2O4/c1-3-8-24-16-7-5-12(9-14(16)18)17(21)19-15-10-13(20(22)23)6-4-11(15)2/h4-7,9-10H,3,8H2,1-2H3,(H,19,21). The highest BCUT2D eigenvalue weighted by atomic mass is 79.9. The van der Waals surface area contributed by atoms with Gasteiger partial charge in [-0.15, -0.1) is 0 Å². The first kappa shape index (κ1) is 17.9. The molecule has 0 aromatic heterocycles. The number of rotatable bonds is 6.